The maximum atomic E-state index is 11.0. The highest BCUT2D eigenvalue weighted by Gasteiger charge is 2.54. The molecular weight excluding hydrogens is 290 g/mol. The molecule has 1 aliphatic rings. The van der Waals surface area contributed by atoms with E-state index in [0.717, 1.165) is 32.9 Å². The number of carbonyl (C=O) groups is 3. The van der Waals surface area contributed by atoms with E-state index in [2.05, 4.69) is 4.74 Å². The molecule has 0 aliphatic carbocycles. The molecule has 0 saturated heterocycles. The predicted molar refractivity (Wildman–Crippen MR) is 62.8 cm³/mol. The smallest absolute Gasteiger partial charge is 0.422 e. The Bertz CT molecular complexity index is 484. The van der Waals surface area contributed by atoms with Crippen molar-refractivity contribution in [3.63, 3.8) is 0 Å². The second-order valence-corrected chi connectivity index (χ2v) is 4.01. The maximum Gasteiger partial charge on any atom is 0.508 e. The molecule has 1 rings (SSSR count). The van der Waals surface area contributed by atoms with E-state index in [1.807, 2.05) is 0 Å². The first kappa shape index (κ1) is 16.6. The number of esters is 3. The molecule has 2 atom stereocenters. The van der Waals surface area contributed by atoms with Crippen LogP contribution in [0.25, 0.3) is 0 Å². The van der Waals surface area contributed by atoms with Gasteiger partial charge in [0.05, 0.1) is 6.08 Å². The van der Waals surface area contributed by atoms with Gasteiger partial charge in [-0.3, -0.25) is 29.2 Å². The van der Waals surface area contributed by atoms with E-state index in [0.29, 0.717) is 0 Å². The van der Waals surface area contributed by atoms with Crippen molar-refractivity contribution in [2.75, 3.05) is 0 Å². The topological polar surface area (TPSA) is 131 Å². The number of carbonyl (C=O) groups excluding carboxylic acids is 3. The van der Waals surface area contributed by atoms with Gasteiger partial charge in [-0.05, 0) is 6.08 Å². The van der Waals surface area contributed by atoms with Gasteiger partial charge in [-0.2, -0.15) is 0 Å². The molecule has 10 nitrogen and oxygen atoms in total. The first-order valence-corrected chi connectivity index (χ1v) is 5.72. The molecule has 0 aromatic rings. The standard InChI is InChI=1S/C11H13NO9/c1-6(13)18-10(19-7(2)14)9-4-5-11(21-9,12(16)17)20-8(3)15/h4-5,9-10H,1-3H3. The molecule has 0 N–H and O–H groups in total. The van der Waals surface area contributed by atoms with Crippen molar-refractivity contribution in [2.24, 2.45) is 0 Å². The monoisotopic (exact) mass is 303 g/mol. The molecule has 2 unspecified atom stereocenters. The second-order valence-electron chi connectivity index (χ2n) is 4.01. The number of hydrogen-bond donors (Lipinski definition) is 0. The summed E-state index contributed by atoms with van der Waals surface area (Å²) in [5.41, 5.74) is 0. The van der Waals surface area contributed by atoms with Gasteiger partial charge in [0, 0.05) is 20.8 Å². The fourth-order valence-corrected chi connectivity index (χ4v) is 1.53. The minimum Gasteiger partial charge on any atom is -0.422 e. The summed E-state index contributed by atoms with van der Waals surface area (Å²) >= 11 is 0. The lowest BCUT2D eigenvalue weighted by molar-refractivity contribution is -0.666. The van der Waals surface area contributed by atoms with E-state index < -0.39 is 41.1 Å². The second kappa shape index (κ2) is 6.31. The van der Waals surface area contributed by atoms with Crippen LogP contribution in [-0.2, 0) is 33.3 Å². The van der Waals surface area contributed by atoms with Crippen LogP contribution in [0.4, 0.5) is 0 Å². The van der Waals surface area contributed by atoms with Crippen LogP contribution < -0.4 is 0 Å². The Morgan fingerprint density at radius 3 is 2.10 bits per heavy atom. The molecule has 1 aliphatic heterocycles. The Balaban J connectivity index is 2.92. The van der Waals surface area contributed by atoms with Crippen LogP contribution in [0.3, 0.4) is 0 Å². The summed E-state index contributed by atoms with van der Waals surface area (Å²) in [4.78, 5) is 42.9. The first-order valence-electron chi connectivity index (χ1n) is 5.72. The molecule has 0 fully saturated rings. The normalized spacial score (nSPS) is 23.7. The molecule has 0 radical (unpaired) electrons. The zero-order valence-electron chi connectivity index (χ0n) is 11.4. The summed E-state index contributed by atoms with van der Waals surface area (Å²) in [6, 6.07) is 0. The quantitative estimate of drug-likeness (QED) is 0.224. The van der Waals surface area contributed by atoms with Gasteiger partial charge in [0.1, 0.15) is 4.92 Å². The SMILES string of the molecule is CC(=O)OC(OC(C)=O)C1C=CC(OC(C)=O)([N+](=O)[O-])O1. The van der Waals surface area contributed by atoms with Gasteiger partial charge in [-0.25, -0.2) is 0 Å². The highest BCUT2D eigenvalue weighted by Crippen LogP contribution is 2.29. The summed E-state index contributed by atoms with van der Waals surface area (Å²) in [6.07, 6.45) is -0.863. The third-order valence-corrected chi connectivity index (χ3v) is 2.18. The van der Waals surface area contributed by atoms with Crippen LogP contribution in [0.15, 0.2) is 12.2 Å². The minimum atomic E-state index is -2.55. The van der Waals surface area contributed by atoms with Crippen molar-refractivity contribution in [2.45, 2.75) is 39.1 Å². The van der Waals surface area contributed by atoms with Gasteiger partial charge in [0.2, 0.25) is 0 Å². The molecular formula is C11H13NO9. The molecule has 21 heavy (non-hydrogen) atoms. The molecule has 0 aromatic heterocycles. The highest BCUT2D eigenvalue weighted by molar-refractivity contribution is 5.68. The van der Waals surface area contributed by atoms with Crippen molar-refractivity contribution >= 4 is 17.9 Å². The predicted octanol–water partition coefficient (Wildman–Crippen LogP) is -0.113. The van der Waals surface area contributed by atoms with Crippen LogP contribution in [0.5, 0.6) is 0 Å². The van der Waals surface area contributed by atoms with Crippen molar-refractivity contribution in [1.82, 2.24) is 0 Å². The van der Waals surface area contributed by atoms with E-state index in [4.69, 9.17) is 14.2 Å². The van der Waals surface area contributed by atoms with Gasteiger partial charge in [0.15, 0.2) is 6.10 Å². The van der Waals surface area contributed by atoms with Gasteiger partial charge >= 0.3 is 23.8 Å². The molecule has 0 aromatic carbocycles. The molecule has 0 spiro atoms. The fraction of sp³-hybridized carbons (Fsp3) is 0.545. The van der Waals surface area contributed by atoms with Gasteiger partial charge < -0.3 is 14.2 Å². The van der Waals surface area contributed by atoms with Crippen LogP contribution in [0.1, 0.15) is 20.8 Å². The first-order chi connectivity index (χ1) is 9.66. The van der Waals surface area contributed by atoms with Crippen molar-refractivity contribution in [3.05, 3.63) is 22.3 Å². The van der Waals surface area contributed by atoms with E-state index >= 15 is 0 Å². The Hall–Kier alpha value is -2.49. The summed E-state index contributed by atoms with van der Waals surface area (Å²) in [7, 11) is 0. The zero-order chi connectivity index (χ0) is 16.2. The van der Waals surface area contributed by atoms with Crippen molar-refractivity contribution < 1.29 is 38.3 Å². The molecule has 116 valence electrons. The summed E-state index contributed by atoms with van der Waals surface area (Å²) in [6.45, 7) is 3.08. The zero-order valence-corrected chi connectivity index (χ0v) is 11.4. The largest absolute Gasteiger partial charge is 0.508 e. The van der Waals surface area contributed by atoms with Crippen LogP contribution in [0, 0.1) is 10.1 Å². The Labute approximate surface area is 118 Å². The fourth-order valence-electron chi connectivity index (χ4n) is 1.53. The van der Waals surface area contributed by atoms with Gasteiger partial charge in [-0.15, -0.1) is 0 Å². The van der Waals surface area contributed by atoms with Crippen molar-refractivity contribution in [3.8, 4) is 0 Å². The van der Waals surface area contributed by atoms with E-state index in [-0.39, 0.29) is 0 Å². The van der Waals surface area contributed by atoms with Crippen molar-refractivity contribution in [1.29, 1.82) is 0 Å². The average molecular weight is 303 g/mol. The highest BCUT2D eigenvalue weighted by atomic mass is 16.8. The van der Waals surface area contributed by atoms with E-state index in [1.54, 1.807) is 0 Å². The summed E-state index contributed by atoms with van der Waals surface area (Å²) < 4.78 is 18.9. The van der Waals surface area contributed by atoms with E-state index in [1.165, 1.54) is 0 Å². The van der Waals surface area contributed by atoms with Crippen LogP contribution in [-0.4, -0.2) is 41.1 Å². The number of nitro groups is 1. The Morgan fingerprint density at radius 2 is 1.71 bits per heavy atom. The average Bonchev–Trinajstić information content (AvgIpc) is 2.71. The lowest BCUT2D eigenvalue weighted by atomic mass is 10.3. The number of ether oxygens (including phenoxy) is 4. The third kappa shape index (κ3) is 4.24. The van der Waals surface area contributed by atoms with Crippen LogP contribution in [0.2, 0.25) is 0 Å². The molecule has 0 amide bonds. The molecule has 10 heteroatoms. The molecule has 0 bridgehead atoms. The minimum absolute atomic E-state index is 0.788. The molecule has 1 heterocycles. The number of rotatable bonds is 5. The Morgan fingerprint density at radius 1 is 1.19 bits per heavy atom. The third-order valence-electron chi connectivity index (χ3n) is 2.18. The lowest BCUT2D eigenvalue weighted by Gasteiger charge is -2.24. The number of nitrogens with zero attached hydrogens (tertiary/aromatic N) is 1. The lowest BCUT2D eigenvalue weighted by Crippen LogP contribution is -2.45. The van der Waals surface area contributed by atoms with E-state index in [9.17, 15) is 24.5 Å². The number of hydrogen-bond acceptors (Lipinski definition) is 9. The van der Waals surface area contributed by atoms with Gasteiger partial charge in [-0.1, -0.05) is 0 Å². The summed E-state index contributed by atoms with van der Waals surface area (Å²) in [5, 5.41) is 11.0. The Kier molecular flexibility index (Phi) is 4.97. The summed E-state index contributed by atoms with van der Waals surface area (Å²) in [5.74, 6) is -5.07. The van der Waals surface area contributed by atoms with Crippen LogP contribution >= 0.6 is 0 Å². The molecule has 0 saturated carbocycles. The van der Waals surface area contributed by atoms with Gasteiger partial charge in [0.25, 0.3) is 6.29 Å². The maximum absolute atomic E-state index is 11.0.